The van der Waals surface area contributed by atoms with E-state index in [9.17, 15) is 0 Å². The van der Waals surface area contributed by atoms with E-state index in [-0.39, 0.29) is 0 Å². The van der Waals surface area contributed by atoms with Gasteiger partial charge in [0.1, 0.15) is 11.6 Å². The lowest BCUT2D eigenvalue weighted by molar-refractivity contribution is 0.271. The summed E-state index contributed by atoms with van der Waals surface area (Å²) in [5.74, 6) is 3.02. The third-order valence-electron chi connectivity index (χ3n) is 5.82. The summed E-state index contributed by atoms with van der Waals surface area (Å²) in [7, 11) is 4.93. The van der Waals surface area contributed by atoms with Crippen molar-refractivity contribution in [3.05, 3.63) is 42.5 Å². The first-order valence-electron chi connectivity index (χ1n) is 10.4. The van der Waals surface area contributed by atoms with Gasteiger partial charge in [-0.1, -0.05) is 31.2 Å². The van der Waals surface area contributed by atoms with Gasteiger partial charge in [0.15, 0.2) is 11.5 Å². The average Bonchev–Trinajstić information content (AvgIpc) is 2.82. The van der Waals surface area contributed by atoms with E-state index in [0.717, 1.165) is 55.2 Å². The maximum atomic E-state index is 5.67. The highest BCUT2D eigenvalue weighted by molar-refractivity contribution is 5.95. The quantitative estimate of drug-likeness (QED) is 0.614. The van der Waals surface area contributed by atoms with Crippen LogP contribution in [0.2, 0.25) is 0 Å². The Balaban J connectivity index is 1.85. The van der Waals surface area contributed by atoms with E-state index >= 15 is 0 Å². The number of piperazine rings is 1. The minimum Gasteiger partial charge on any atom is -0.496 e. The van der Waals surface area contributed by atoms with Crippen molar-refractivity contribution in [1.29, 1.82) is 0 Å². The van der Waals surface area contributed by atoms with Crippen LogP contribution >= 0.6 is 0 Å². The number of anilines is 1. The molecule has 1 aliphatic heterocycles. The standard InChI is InChI=1S/C24H29N3O3/c1-5-26-10-12-27(13-11-26)24-18-9-7-6-8-17(18)14-20(25-24)19-15-22(29-3)23(30-4)16-21(19)28-2/h6-9,14-16H,5,10-13H2,1-4H3. The number of ether oxygens (including phenoxy) is 3. The molecule has 3 aromatic rings. The van der Waals surface area contributed by atoms with Gasteiger partial charge in [-0.3, -0.25) is 0 Å². The van der Waals surface area contributed by atoms with Crippen LogP contribution in [0.1, 0.15) is 6.92 Å². The first kappa shape index (κ1) is 20.3. The van der Waals surface area contributed by atoms with Crippen molar-refractivity contribution in [3.8, 4) is 28.5 Å². The molecule has 6 nitrogen and oxygen atoms in total. The lowest BCUT2D eigenvalue weighted by Crippen LogP contribution is -2.46. The van der Waals surface area contributed by atoms with Crippen LogP contribution in [0.5, 0.6) is 17.2 Å². The number of likely N-dealkylation sites (N-methyl/N-ethyl adjacent to an activating group) is 1. The van der Waals surface area contributed by atoms with Crippen molar-refractivity contribution in [2.45, 2.75) is 6.92 Å². The molecule has 0 aliphatic carbocycles. The molecule has 0 bridgehead atoms. The zero-order valence-electron chi connectivity index (χ0n) is 18.1. The maximum Gasteiger partial charge on any atom is 0.164 e. The van der Waals surface area contributed by atoms with Crippen molar-refractivity contribution in [2.24, 2.45) is 0 Å². The Morgan fingerprint density at radius 3 is 2.17 bits per heavy atom. The third kappa shape index (κ3) is 3.75. The van der Waals surface area contributed by atoms with Crippen LogP contribution < -0.4 is 19.1 Å². The maximum absolute atomic E-state index is 5.67. The number of hydrogen-bond acceptors (Lipinski definition) is 6. The van der Waals surface area contributed by atoms with E-state index in [1.54, 1.807) is 21.3 Å². The molecule has 30 heavy (non-hydrogen) atoms. The molecule has 4 rings (SSSR count). The van der Waals surface area contributed by atoms with Gasteiger partial charge < -0.3 is 24.0 Å². The fourth-order valence-electron chi connectivity index (χ4n) is 4.06. The molecule has 1 aliphatic rings. The molecule has 0 unspecified atom stereocenters. The summed E-state index contributed by atoms with van der Waals surface area (Å²) in [6, 6.07) is 14.3. The molecular formula is C24H29N3O3. The predicted octanol–water partition coefficient (Wildman–Crippen LogP) is 4.07. The molecule has 0 radical (unpaired) electrons. The number of nitrogens with zero attached hydrogens (tertiary/aromatic N) is 3. The first-order chi connectivity index (χ1) is 14.7. The molecule has 0 amide bonds. The average molecular weight is 408 g/mol. The Kier molecular flexibility index (Phi) is 5.95. The van der Waals surface area contributed by atoms with Crippen LogP contribution in [0.3, 0.4) is 0 Å². The van der Waals surface area contributed by atoms with Crippen molar-refractivity contribution >= 4 is 16.6 Å². The van der Waals surface area contributed by atoms with E-state index < -0.39 is 0 Å². The van der Waals surface area contributed by atoms with Gasteiger partial charge >= 0.3 is 0 Å². The van der Waals surface area contributed by atoms with Gasteiger partial charge in [0.25, 0.3) is 0 Å². The predicted molar refractivity (Wildman–Crippen MR) is 121 cm³/mol. The van der Waals surface area contributed by atoms with Crippen LogP contribution in [0.25, 0.3) is 22.0 Å². The van der Waals surface area contributed by atoms with E-state index in [2.05, 4.69) is 47.1 Å². The first-order valence-corrected chi connectivity index (χ1v) is 10.4. The molecule has 1 fully saturated rings. The molecule has 0 atom stereocenters. The Bertz CT molecular complexity index is 1030. The molecule has 158 valence electrons. The van der Waals surface area contributed by atoms with Gasteiger partial charge in [-0.2, -0.15) is 0 Å². The number of fused-ring (bicyclic) bond motifs is 1. The molecule has 6 heteroatoms. The molecule has 1 saturated heterocycles. The van der Waals surface area contributed by atoms with E-state index in [0.29, 0.717) is 17.2 Å². The second-order valence-electron chi connectivity index (χ2n) is 7.38. The summed E-state index contributed by atoms with van der Waals surface area (Å²) in [5, 5.41) is 2.33. The number of hydrogen-bond donors (Lipinski definition) is 0. The second-order valence-corrected chi connectivity index (χ2v) is 7.38. The normalized spacial score (nSPS) is 14.7. The SMILES string of the molecule is CCN1CCN(c2nc(-c3cc(OC)c(OC)cc3OC)cc3ccccc23)CC1. The zero-order chi connectivity index (χ0) is 21.1. The van der Waals surface area contributed by atoms with Gasteiger partial charge in [-0.05, 0) is 24.1 Å². The number of pyridine rings is 1. The summed E-state index contributed by atoms with van der Waals surface area (Å²) in [6.07, 6.45) is 0. The van der Waals surface area contributed by atoms with Gasteiger partial charge in [0.05, 0.1) is 27.0 Å². The fraction of sp³-hybridized carbons (Fsp3) is 0.375. The van der Waals surface area contributed by atoms with Crippen molar-refractivity contribution in [2.75, 3.05) is 59.0 Å². The van der Waals surface area contributed by atoms with Gasteiger partial charge in [0.2, 0.25) is 0 Å². The summed E-state index contributed by atoms with van der Waals surface area (Å²) in [6.45, 7) is 7.35. The Labute approximate surface area is 178 Å². The van der Waals surface area contributed by atoms with E-state index in [1.165, 1.54) is 5.39 Å². The molecule has 2 heterocycles. The summed E-state index contributed by atoms with van der Waals surface area (Å²) >= 11 is 0. The summed E-state index contributed by atoms with van der Waals surface area (Å²) in [4.78, 5) is 9.98. The smallest absolute Gasteiger partial charge is 0.164 e. The number of benzene rings is 2. The fourth-order valence-corrected chi connectivity index (χ4v) is 4.06. The number of aromatic nitrogens is 1. The second kappa shape index (κ2) is 8.79. The monoisotopic (exact) mass is 407 g/mol. The number of rotatable bonds is 6. The Morgan fingerprint density at radius 1 is 0.833 bits per heavy atom. The van der Waals surface area contributed by atoms with Crippen LogP contribution in [-0.2, 0) is 0 Å². The van der Waals surface area contributed by atoms with Crippen LogP contribution in [-0.4, -0.2) is 63.9 Å². The highest BCUT2D eigenvalue weighted by Gasteiger charge is 2.21. The van der Waals surface area contributed by atoms with E-state index in [4.69, 9.17) is 19.2 Å². The lowest BCUT2D eigenvalue weighted by atomic mass is 10.0. The van der Waals surface area contributed by atoms with Crippen molar-refractivity contribution in [1.82, 2.24) is 9.88 Å². The minimum absolute atomic E-state index is 0.634. The van der Waals surface area contributed by atoms with Gasteiger partial charge in [-0.25, -0.2) is 4.98 Å². The highest BCUT2D eigenvalue weighted by atomic mass is 16.5. The molecule has 0 N–H and O–H groups in total. The minimum atomic E-state index is 0.634. The molecule has 0 saturated carbocycles. The van der Waals surface area contributed by atoms with Gasteiger partial charge in [0, 0.05) is 43.2 Å². The molecular weight excluding hydrogens is 378 g/mol. The molecule has 2 aromatic carbocycles. The third-order valence-corrected chi connectivity index (χ3v) is 5.82. The zero-order valence-corrected chi connectivity index (χ0v) is 18.1. The number of methoxy groups -OCH3 is 3. The molecule has 1 aromatic heterocycles. The largest absolute Gasteiger partial charge is 0.496 e. The lowest BCUT2D eigenvalue weighted by Gasteiger charge is -2.35. The van der Waals surface area contributed by atoms with Crippen LogP contribution in [0.4, 0.5) is 5.82 Å². The van der Waals surface area contributed by atoms with Crippen LogP contribution in [0, 0.1) is 0 Å². The highest BCUT2D eigenvalue weighted by Crippen LogP contribution is 2.41. The van der Waals surface area contributed by atoms with Crippen molar-refractivity contribution in [3.63, 3.8) is 0 Å². The summed E-state index contributed by atoms with van der Waals surface area (Å²) in [5.41, 5.74) is 1.74. The topological polar surface area (TPSA) is 47.1 Å². The Morgan fingerprint density at radius 2 is 1.50 bits per heavy atom. The van der Waals surface area contributed by atoms with Crippen LogP contribution in [0.15, 0.2) is 42.5 Å². The van der Waals surface area contributed by atoms with Crippen molar-refractivity contribution < 1.29 is 14.2 Å². The molecule has 0 spiro atoms. The van der Waals surface area contributed by atoms with E-state index in [1.807, 2.05) is 12.1 Å². The Hall–Kier alpha value is -2.99. The van der Waals surface area contributed by atoms with Gasteiger partial charge in [-0.15, -0.1) is 0 Å². The summed E-state index contributed by atoms with van der Waals surface area (Å²) < 4.78 is 16.6.